The lowest BCUT2D eigenvalue weighted by atomic mass is 10.1. The van der Waals surface area contributed by atoms with Gasteiger partial charge in [0.15, 0.2) is 17.7 Å². The van der Waals surface area contributed by atoms with Gasteiger partial charge in [0, 0.05) is 0 Å². The van der Waals surface area contributed by atoms with E-state index in [0.717, 1.165) is 0 Å². The Labute approximate surface area is 184 Å². The third-order valence-corrected chi connectivity index (χ3v) is 5.44. The molecule has 32 heavy (non-hydrogen) atoms. The maximum Gasteiger partial charge on any atom is 0.362 e. The number of imidazole rings is 1. The zero-order valence-electron chi connectivity index (χ0n) is 15.9. The molecule has 0 spiro atoms. The Hall–Kier alpha value is -2.67. The summed E-state index contributed by atoms with van der Waals surface area (Å²) < 4.78 is 36.6. The number of aliphatic carboxylic acids is 1. The first-order valence-electron chi connectivity index (χ1n) is 8.75. The third-order valence-electron chi connectivity index (χ3n) is 4.38. The number of amides is 1. The molecule has 0 saturated carbocycles. The van der Waals surface area contributed by atoms with E-state index in [1.165, 1.54) is 15.6 Å². The van der Waals surface area contributed by atoms with Crippen LogP contribution in [0.15, 0.2) is 6.33 Å². The number of fused-ring (bicyclic) bond motifs is 1. The lowest BCUT2D eigenvalue weighted by Gasteiger charge is -2.16. The van der Waals surface area contributed by atoms with Crippen LogP contribution in [0.4, 0.5) is 5.82 Å². The molecule has 0 bridgehead atoms. The second kappa shape index (κ2) is 9.06. The first kappa shape index (κ1) is 24.0. The van der Waals surface area contributed by atoms with Crippen molar-refractivity contribution in [1.29, 1.82) is 0 Å². The second-order valence-corrected chi connectivity index (χ2v) is 8.34. The van der Waals surface area contributed by atoms with Crippen LogP contribution in [0.25, 0.3) is 11.2 Å². The van der Waals surface area contributed by atoms with Crippen molar-refractivity contribution >= 4 is 50.8 Å². The molecule has 3 rings (SSSR count). The summed E-state index contributed by atoms with van der Waals surface area (Å²) in [7, 11) is -4.73. The number of anilines is 1. The van der Waals surface area contributed by atoms with Gasteiger partial charge in [-0.25, -0.2) is 9.71 Å². The zero-order valence-corrected chi connectivity index (χ0v) is 17.5. The van der Waals surface area contributed by atoms with Crippen LogP contribution in [-0.2, 0) is 28.8 Å². The summed E-state index contributed by atoms with van der Waals surface area (Å²) in [6, 6.07) is -1.64. The van der Waals surface area contributed by atoms with Crippen LogP contribution in [0.2, 0.25) is 5.28 Å². The Kier molecular flexibility index (Phi) is 6.79. The molecule has 1 saturated heterocycles. The summed E-state index contributed by atoms with van der Waals surface area (Å²) in [5.41, 5.74) is 11.2. The van der Waals surface area contributed by atoms with Crippen LogP contribution < -0.4 is 16.2 Å². The predicted octanol–water partition coefficient (Wildman–Crippen LogP) is -3.14. The number of nitrogens with one attached hydrogen (secondary N) is 1. The normalized spacial score (nSPS) is 24.5. The number of carboxylic acid groups (broad SMARTS) is 1. The van der Waals surface area contributed by atoms with E-state index in [-0.39, 0.29) is 22.3 Å². The molecule has 0 aliphatic carbocycles. The van der Waals surface area contributed by atoms with Gasteiger partial charge in [-0.05, 0) is 11.6 Å². The van der Waals surface area contributed by atoms with Crippen LogP contribution in [0.5, 0.6) is 0 Å². The SMILES string of the molecule is Nc1nc(Cl)nc2c1ncn2[C@@H]1O[C@H](COS(=O)(=O)NC(=O)[C@@H](N)CC(=O)O)[C@@H](O)[C@H]1O. The largest absolute Gasteiger partial charge is 0.481 e. The summed E-state index contributed by atoms with van der Waals surface area (Å²) in [5, 5.41) is 29.0. The second-order valence-electron chi connectivity index (χ2n) is 6.66. The number of hydrogen-bond acceptors (Lipinski definition) is 13. The van der Waals surface area contributed by atoms with Gasteiger partial charge in [0.05, 0.1) is 25.4 Å². The number of hydrogen-bond donors (Lipinski definition) is 6. The lowest BCUT2D eigenvalue weighted by molar-refractivity contribution is -0.139. The topological polar surface area (TPSA) is 255 Å². The fourth-order valence-corrected chi connectivity index (χ4v) is 3.80. The van der Waals surface area contributed by atoms with Gasteiger partial charge in [-0.3, -0.25) is 18.3 Å². The molecule has 5 atom stereocenters. The molecule has 1 fully saturated rings. The molecule has 1 aliphatic rings. The van der Waals surface area contributed by atoms with Crippen molar-refractivity contribution < 1.29 is 42.2 Å². The number of carbonyl (C=O) groups is 2. The number of carboxylic acids is 1. The summed E-state index contributed by atoms with van der Waals surface area (Å²) in [6.07, 6.45) is -5.39. The Morgan fingerprint density at radius 3 is 2.69 bits per heavy atom. The summed E-state index contributed by atoms with van der Waals surface area (Å²) in [4.78, 5) is 33.9. The van der Waals surface area contributed by atoms with Gasteiger partial charge in [0.1, 0.15) is 23.8 Å². The number of nitrogen functional groups attached to an aromatic ring is 1. The number of aliphatic hydroxyl groups is 2. The maximum atomic E-state index is 11.9. The molecular formula is C14H18ClN7O9S. The molecule has 8 N–H and O–H groups in total. The fourth-order valence-electron chi connectivity index (χ4n) is 2.86. The average molecular weight is 496 g/mol. The minimum absolute atomic E-state index is 0.0328. The number of carbonyl (C=O) groups excluding carboxylic acids is 1. The van der Waals surface area contributed by atoms with Crippen molar-refractivity contribution in [3.8, 4) is 0 Å². The smallest absolute Gasteiger partial charge is 0.362 e. The van der Waals surface area contributed by atoms with Gasteiger partial charge in [-0.1, -0.05) is 0 Å². The van der Waals surface area contributed by atoms with Crippen molar-refractivity contribution in [3.63, 3.8) is 0 Å². The number of ether oxygens (including phenoxy) is 1. The van der Waals surface area contributed by atoms with Gasteiger partial charge in [-0.2, -0.15) is 18.4 Å². The Balaban J connectivity index is 1.68. The molecule has 176 valence electrons. The first-order chi connectivity index (χ1) is 14.9. The van der Waals surface area contributed by atoms with Gasteiger partial charge in [-0.15, -0.1) is 0 Å². The minimum Gasteiger partial charge on any atom is -0.481 e. The van der Waals surface area contributed by atoms with Crippen LogP contribution in [0.3, 0.4) is 0 Å². The average Bonchev–Trinajstić information content (AvgIpc) is 3.21. The van der Waals surface area contributed by atoms with Crippen LogP contribution in [0.1, 0.15) is 12.6 Å². The Morgan fingerprint density at radius 1 is 1.34 bits per heavy atom. The van der Waals surface area contributed by atoms with Crippen LogP contribution >= 0.6 is 11.6 Å². The van der Waals surface area contributed by atoms with E-state index in [0.29, 0.717) is 0 Å². The molecule has 18 heteroatoms. The van der Waals surface area contributed by atoms with Crippen molar-refractivity contribution in [2.24, 2.45) is 5.73 Å². The fraction of sp³-hybridized carbons (Fsp3) is 0.500. The van der Waals surface area contributed by atoms with E-state index in [9.17, 15) is 28.2 Å². The molecule has 16 nitrogen and oxygen atoms in total. The maximum absolute atomic E-state index is 11.9. The number of halogens is 1. The van der Waals surface area contributed by atoms with Gasteiger partial charge in [0.25, 0.3) is 5.91 Å². The standard InChI is InChI=1S/C14H18ClN7O9S/c15-14-19-10(17)7-11(20-14)22(3-18-7)13-9(26)8(25)5(31-13)2-30-32(28,29)21-12(27)4(16)1-6(23)24/h3-5,8-9,13,25-26H,1-2,16H2,(H,21,27)(H,23,24)(H2,17,19,20)/t4-,5+,8+,9+,13+/m0/s1. The predicted molar refractivity (Wildman–Crippen MR) is 104 cm³/mol. The summed E-state index contributed by atoms with van der Waals surface area (Å²) >= 11 is 5.79. The van der Waals surface area contributed by atoms with Gasteiger partial charge in [0.2, 0.25) is 5.28 Å². The molecule has 2 aromatic rings. The molecule has 0 radical (unpaired) electrons. The van der Waals surface area contributed by atoms with E-state index in [4.69, 9.17) is 32.9 Å². The first-order valence-corrected chi connectivity index (χ1v) is 10.5. The van der Waals surface area contributed by atoms with Crippen LogP contribution in [0, 0.1) is 0 Å². The molecule has 3 heterocycles. The quantitative estimate of drug-likeness (QED) is 0.198. The number of nitrogens with two attached hydrogens (primary N) is 2. The Bertz CT molecular complexity index is 1140. The third kappa shape index (κ3) is 5.04. The molecule has 1 aliphatic heterocycles. The van der Waals surface area contributed by atoms with E-state index in [1.807, 2.05) is 0 Å². The summed E-state index contributed by atoms with van der Waals surface area (Å²) in [5.74, 6) is -2.75. The molecule has 1 amide bonds. The summed E-state index contributed by atoms with van der Waals surface area (Å²) in [6.45, 7) is -0.810. The Morgan fingerprint density at radius 2 is 2.03 bits per heavy atom. The highest BCUT2D eigenvalue weighted by Crippen LogP contribution is 2.32. The number of aliphatic hydroxyl groups excluding tert-OH is 2. The number of aromatic nitrogens is 4. The highest BCUT2D eigenvalue weighted by atomic mass is 35.5. The highest BCUT2D eigenvalue weighted by molar-refractivity contribution is 7.85. The number of nitrogens with zero attached hydrogens (tertiary/aromatic N) is 4. The molecular weight excluding hydrogens is 478 g/mol. The monoisotopic (exact) mass is 495 g/mol. The van der Waals surface area contributed by atoms with E-state index in [2.05, 4.69) is 19.1 Å². The molecule has 0 unspecified atom stereocenters. The van der Waals surface area contributed by atoms with E-state index >= 15 is 0 Å². The van der Waals surface area contributed by atoms with Crippen molar-refractivity contribution in [3.05, 3.63) is 11.6 Å². The van der Waals surface area contributed by atoms with E-state index < -0.39 is 65.8 Å². The van der Waals surface area contributed by atoms with Crippen LogP contribution in [-0.4, -0.2) is 86.1 Å². The van der Waals surface area contributed by atoms with Gasteiger partial charge >= 0.3 is 16.3 Å². The molecule has 0 aromatic carbocycles. The minimum atomic E-state index is -4.73. The van der Waals surface area contributed by atoms with E-state index in [1.54, 1.807) is 0 Å². The zero-order chi connectivity index (χ0) is 23.8. The number of rotatable bonds is 8. The highest BCUT2D eigenvalue weighted by Gasteiger charge is 2.45. The lowest BCUT2D eigenvalue weighted by Crippen LogP contribution is -2.45. The van der Waals surface area contributed by atoms with Gasteiger partial charge < -0.3 is 31.5 Å². The molecule has 2 aromatic heterocycles. The van der Waals surface area contributed by atoms with Crippen molar-refractivity contribution in [2.75, 3.05) is 12.3 Å². The van der Waals surface area contributed by atoms with Crippen molar-refractivity contribution in [2.45, 2.75) is 37.0 Å². The van der Waals surface area contributed by atoms with Crippen molar-refractivity contribution in [1.82, 2.24) is 24.2 Å².